The quantitative estimate of drug-likeness (QED) is 0.857. The zero-order valence-electron chi connectivity index (χ0n) is 12.7. The van der Waals surface area contributed by atoms with Crippen LogP contribution in [0.3, 0.4) is 0 Å². The number of ether oxygens (including phenoxy) is 5. The third-order valence-electron chi connectivity index (χ3n) is 4.60. The van der Waals surface area contributed by atoms with Gasteiger partial charge in [-0.05, 0) is 6.92 Å². The molecular weight excluding hydrogens is 284 g/mol. The smallest absolute Gasteiger partial charge is 0.184 e. The lowest BCUT2D eigenvalue weighted by Gasteiger charge is -2.43. The first-order valence-electron chi connectivity index (χ1n) is 8.06. The zero-order chi connectivity index (χ0) is 14.9. The molecule has 0 N–H and O–H groups in total. The minimum Gasteiger partial charge on any atom is -0.373 e. The van der Waals surface area contributed by atoms with Gasteiger partial charge in [0.2, 0.25) is 0 Å². The van der Waals surface area contributed by atoms with Gasteiger partial charge in [-0.15, -0.1) is 0 Å². The predicted octanol–water partition coefficient (Wildman–Crippen LogP) is 2.27. The fourth-order valence-electron chi connectivity index (χ4n) is 3.54. The van der Waals surface area contributed by atoms with E-state index < -0.39 is 0 Å². The molecule has 6 atom stereocenters. The van der Waals surface area contributed by atoms with E-state index in [9.17, 15) is 0 Å². The summed E-state index contributed by atoms with van der Waals surface area (Å²) in [5, 5.41) is 0. The SMILES string of the molecule is CCO[C@@H]1C[C@H]2CO[C@@H]3CO[C@@H](c4ccccc4)O[C@H]3[C@H]2O1. The maximum absolute atomic E-state index is 6.19. The molecule has 120 valence electrons. The van der Waals surface area contributed by atoms with Crippen LogP contribution in [-0.4, -0.2) is 44.4 Å². The van der Waals surface area contributed by atoms with Crippen LogP contribution in [0.15, 0.2) is 30.3 Å². The summed E-state index contributed by atoms with van der Waals surface area (Å²) in [5.41, 5.74) is 1.03. The molecule has 0 aromatic heterocycles. The van der Waals surface area contributed by atoms with Crippen LogP contribution in [0.1, 0.15) is 25.2 Å². The molecule has 3 aliphatic rings. The Bertz CT molecular complexity index is 493. The highest BCUT2D eigenvalue weighted by molar-refractivity contribution is 5.16. The summed E-state index contributed by atoms with van der Waals surface area (Å²) < 4.78 is 29.6. The summed E-state index contributed by atoms with van der Waals surface area (Å²) >= 11 is 0. The van der Waals surface area contributed by atoms with Crippen molar-refractivity contribution in [2.45, 2.75) is 44.2 Å². The Morgan fingerprint density at radius 3 is 2.73 bits per heavy atom. The molecule has 0 bridgehead atoms. The number of hydrogen-bond acceptors (Lipinski definition) is 5. The van der Waals surface area contributed by atoms with Crippen molar-refractivity contribution in [3.05, 3.63) is 35.9 Å². The number of fused-ring (bicyclic) bond motifs is 3. The molecule has 1 aromatic carbocycles. The van der Waals surface area contributed by atoms with Crippen LogP contribution in [0.25, 0.3) is 0 Å². The highest BCUT2D eigenvalue weighted by atomic mass is 16.7. The molecule has 3 saturated heterocycles. The second kappa shape index (κ2) is 6.26. The van der Waals surface area contributed by atoms with Gasteiger partial charge in [-0.2, -0.15) is 0 Å². The summed E-state index contributed by atoms with van der Waals surface area (Å²) in [5.74, 6) is 0.340. The molecule has 22 heavy (non-hydrogen) atoms. The summed E-state index contributed by atoms with van der Waals surface area (Å²) in [6.07, 6.45) is 0.278. The maximum Gasteiger partial charge on any atom is 0.184 e. The second-order valence-corrected chi connectivity index (χ2v) is 6.03. The minimum absolute atomic E-state index is 0.0328. The second-order valence-electron chi connectivity index (χ2n) is 6.03. The molecule has 0 amide bonds. The average Bonchev–Trinajstić information content (AvgIpc) is 2.99. The van der Waals surface area contributed by atoms with E-state index in [0.717, 1.165) is 12.0 Å². The highest BCUT2D eigenvalue weighted by Gasteiger charge is 2.50. The van der Waals surface area contributed by atoms with Crippen molar-refractivity contribution in [2.75, 3.05) is 19.8 Å². The van der Waals surface area contributed by atoms with Gasteiger partial charge in [-0.25, -0.2) is 0 Å². The van der Waals surface area contributed by atoms with Gasteiger partial charge in [0.05, 0.1) is 19.3 Å². The van der Waals surface area contributed by atoms with Crippen LogP contribution >= 0.6 is 0 Å². The first-order valence-corrected chi connectivity index (χ1v) is 8.06. The van der Waals surface area contributed by atoms with E-state index in [1.165, 1.54) is 0 Å². The van der Waals surface area contributed by atoms with Gasteiger partial charge < -0.3 is 23.7 Å². The van der Waals surface area contributed by atoms with Crippen molar-refractivity contribution in [3.63, 3.8) is 0 Å². The summed E-state index contributed by atoms with van der Waals surface area (Å²) in [7, 11) is 0. The lowest BCUT2D eigenvalue weighted by molar-refractivity contribution is -0.311. The Morgan fingerprint density at radius 1 is 1.05 bits per heavy atom. The molecule has 4 rings (SSSR count). The minimum atomic E-state index is -0.348. The van der Waals surface area contributed by atoms with Crippen molar-refractivity contribution < 1.29 is 23.7 Å². The van der Waals surface area contributed by atoms with Gasteiger partial charge in [-0.1, -0.05) is 30.3 Å². The summed E-state index contributed by atoms with van der Waals surface area (Å²) in [6, 6.07) is 10.0. The van der Waals surface area contributed by atoms with Crippen molar-refractivity contribution in [1.82, 2.24) is 0 Å². The van der Waals surface area contributed by atoms with E-state index in [-0.39, 0.29) is 30.9 Å². The van der Waals surface area contributed by atoms with Crippen LogP contribution < -0.4 is 0 Å². The topological polar surface area (TPSA) is 46.2 Å². The molecule has 1 aromatic rings. The van der Waals surface area contributed by atoms with E-state index in [4.69, 9.17) is 23.7 Å². The van der Waals surface area contributed by atoms with Crippen molar-refractivity contribution in [1.29, 1.82) is 0 Å². The Balaban J connectivity index is 1.48. The van der Waals surface area contributed by atoms with Crippen molar-refractivity contribution in [2.24, 2.45) is 5.92 Å². The van der Waals surface area contributed by atoms with E-state index in [1.807, 2.05) is 37.3 Å². The molecular formula is C17H22O5. The van der Waals surface area contributed by atoms with Crippen LogP contribution in [0.4, 0.5) is 0 Å². The lowest BCUT2D eigenvalue weighted by Crippen LogP contribution is -2.55. The summed E-state index contributed by atoms with van der Waals surface area (Å²) in [6.45, 7) is 3.88. The van der Waals surface area contributed by atoms with E-state index >= 15 is 0 Å². The molecule has 0 unspecified atom stereocenters. The van der Waals surface area contributed by atoms with Gasteiger partial charge in [0.1, 0.15) is 12.2 Å². The fraction of sp³-hybridized carbons (Fsp3) is 0.647. The first kappa shape index (κ1) is 14.6. The Hall–Kier alpha value is -0.980. The van der Waals surface area contributed by atoms with Crippen LogP contribution in [0.2, 0.25) is 0 Å². The standard InChI is InChI=1S/C17H22O5/c1-2-18-14-8-12-9-19-13-10-20-17(11-6-4-3-5-7-11)22-16(13)15(12)21-14/h3-7,12-17H,2,8-10H2,1H3/t12-,13+,14-,15-,16+,17+/m0/s1. The molecule has 5 nitrogen and oxygen atoms in total. The van der Waals surface area contributed by atoms with Crippen molar-refractivity contribution >= 4 is 0 Å². The fourth-order valence-corrected chi connectivity index (χ4v) is 3.54. The van der Waals surface area contributed by atoms with Gasteiger partial charge in [-0.3, -0.25) is 0 Å². The summed E-state index contributed by atoms with van der Waals surface area (Å²) in [4.78, 5) is 0. The molecule has 3 aliphatic heterocycles. The number of benzene rings is 1. The maximum atomic E-state index is 6.19. The predicted molar refractivity (Wildman–Crippen MR) is 78.1 cm³/mol. The average molecular weight is 306 g/mol. The molecule has 5 heteroatoms. The van der Waals surface area contributed by atoms with Crippen LogP contribution in [0, 0.1) is 5.92 Å². The normalized spacial score (nSPS) is 41.0. The molecule has 0 aliphatic carbocycles. The van der Waals surface area contributed by atoms with E-state index in [1.54, 1.807) is 0 Å². The lowest BCUT2D eigenvalue weighted by atomic mass is 9.91. The Morgan fingerprint density at radius 2 is 1.91 bits per heavy atom. The van der Waals surface area contributed by atoms with Gasteiger partial charge in [0.15, 0.2) is 12.6 Å². The zero-order valence-corrected chi connectivity index (χ0v) is 12.7. The third-order valence-corrected chi connectivity index (χ3v) is 4.60. The van der Waals surface area contributed by atoms with Gasteiger partial charge in [0, 0.05) is 24.5 Å². The first-order chi connectivity index (χ1) is 10.8. The molecule has 0 spiro atoms. The highest BCUT2D eigenvalue weighted by Crippen LogP contribution is 2.40. The number of rotatable bonds is 3. The monoisotopic (exact) mass is 306 g/mol. The van der Waals surface area contributed by atoms with E-state index in [2.05, 4.69) is 0 Å². The number of hydrogen-bond donors (Lipinski definition) is 0. The van der Waals surface area contributed by atoms with Crippen LogP contribution in [0.5, 0.6) is 0 Å². The van der Waals surface area contributed by atoms with Gasteiger partial charge >= 0.3 is 0 Å². The van der Waals surface area contributed by atoms with Gasteiger partial charge in [0.25, 0.3) is 0 Å². The Labute approximate surface area is 130 Å². The third kappa shape index (κ3) is 2.68. The molecule has 3 fully saturated rings. The van der Waals surface area contributed by atoms with Crippen molar-refractivity contribution in [3.8, 4) is 0 Å². The molecule has 3 heterocycles. The molecule has 0 radical (unpaired) electrons. The molecule has 0 saturated carbocycles. The largest absolute Gasteiger partial charge is 0.373 e. The van der Waals surface area contributed by atoms with Crippen LogP contribution in [-0.2, 0) is 23.7 Å². The Kier molecular flexibility index (Phi) is 4.15. The van der Waals surface area contributed by atoms with E-state index in [0.29, 0.717) is 25.7 Å².